The molecule has 1 aromatic carbocycles. The van der Waals surface area contributed by atoms with Crippen LogP contribution in [0.2, 0.25) is 0 Å². The lowest BCUT2D eigenvalue weighted by atomic mass is 9.97. The fourth-order valence-corrected chi connectivity index (χ4v) is 2.48. The Bertz CT molecular complexity index is 502. The van der Waals surface area contributed by atoms with Gasteiger partial charge in [0.1, 0.15) is 0 Å². The van der Waals surface area contributed by atoms with Crippen molar-refractivity contribution in [2.24, 2.45) is 5.92 Å². The average molecular weight is 276 g/mol. The van der Waals surface area contributed by atoms with Gasteiger partial charge in [0, 0.05) is 18.8 Å². The van der Waals surface area contributed by atoms with Gasteiger partial charge in [-0.25, -0.2) is 0 Å². The molecule has 1 aliphatic rings. The molecular weight excluding hydrogens is 256 g/mol. The van der Waals surface area contributed by atoms with Gasteiger partial charge < -0.3 is 15.4 Å². The van der Waals surface area contributed by atoms with Crippen LogP contribution < -0.4 is 5.73 Å². The molecule has 108 valence electrons. The maximum atomic E-state index is 12.4. The van der Waals surface area contributed by atoms with E-state index in [4.69, 9.17) is 10.5 Å². The Kier molecular flexibility index (Phi) is 4.61. The number of benzene rings is 1. The number of carbonyl (C=O) groups is 2. The van der Waals surface area contributed by atoms with E-state index in [1.807, 2.05) is 0 Å². The van der Waals surface area contributed by atoms with Crippen LogP contribution in [0.5, 0.6) is 0 Å². The van der Waals surface area contributed by atoms with E-state index in [0.717, 1.165) is 12.8 Å². The van der Waals surface area contributed by atoms with Gasteiger partial charge >= 0.3 is 5.97 Å². The number of anilines is 1. The molecule has 0 radical (unpaired) electrons. The van der Waals surface area contributed by atoms with Gasteiger partial charge in [0.25, 0.3) is 5.91 Å². The summed E-state index contributed by atoms with van der Waals surface area (Å²) in [6.45, 7) is 3.22. The molecule has 1 heterocycles. The van der Waals surface area contributed by atoms with Crippen LogP contribution in [0.1, 0.15) is 30.1 Å². The molecule has 0 unspecified atom stereocenters. The number of hydrogen-bond donors (Lipinski definition) is 1. The molecule has 0 spiro atoms. The van der Waals surface area contributed by atoms with Crippen LogP contribution in [-0.4, -0.2) is 36.5 Å². The van der Waals surface area contributed by atoms with Gasteiger partial charge in [-0.2, -0.15) is 0 Å². The Morgan fingerprint density at radius 1 is 1.40 bits per heavy atom. The van der Waals surface area contributed by atoms with Crippen LogP contribution in [0, 0.1) is 5.92 Å². The topological polar surface area (TPSA) is 72.6 Å². The van der Waals surface area contributed by atoms with Gasteiger partial charge in [0.2, 0.25) is 0 Å². The smallest absolute Gasteiger partial charge is 0.310 e. The first-order valence-corrected chi connectivity index (χ1v) is 6.94. The van der Waals surface area contributed by atoms with Crippen molar-refractivity contribution in [3.63, 3.8) is 0 Å². The van der Waals surface area contributed by atoms with E-state index in [0.29, 0.717) is 30.9 Å². The maximum absolute atomic E-state index is 12.4. The van der Waals surface area contributed by atoms with E-state index in [1.54, 1.807) is 36.1 Å². The van der Waals surface area contributed by atoms with E-state index < -0.39 is 0 Å². The Hall–Kier alpha value is -2.04. The monoisotopic (exact) mass is 276 g/mol. The highest BCUT2D eigenvalue weighted by Crippen LogP contribution is 2.21. The number of para-hydroxylation sites is 1. The van der Waals surface area contributed by atoms with Crippen molar-refractivity contribution in [2.45, 2.75) is 19.8 Å². The molecular formula is C15H20N2O3. The molecule has 5 heteroatoms. The van der Waals surface area contributed by atoms with Crippen molar-refractivity contribution in [2.75, 3.05) is 25.4 Å². The molecule has 0 bridgehead atoms. The van der Waals surface area contributed by atoms with Crippen LogP contribution >= 0.6 is 0 Å². The van der Waals surface area contributed by atoms with Gasteiger partial charge in [-0.05, 0) is 31.9 Å². The Balaban J connectivity index is 2.07. The zero-order valence-electron chi connectivity index (χ0n) is 11.7. The predicted octanol–water partition coefficient (Wildman–Crippen LogP) is 1.68. The third-order valence-electron chi connectivity index (χ3n) is 3.52. The van der Waals surface area contributed by atoms with Crippen LogP contribution in [0.3, 0.4) is 0 Å². The van der Waals surface area contributed by atoms with E-state index in [9.17, 15) is 9.59 Å². The van der Waals surface area contributed by atoms with Crippen molar-refractivity contribution >= 4 is 17.6 Å². The minimum Gasteiger partial charge on any atom is -0.466 e. The van der Waals surface area contributed by atoms with Crippen molar-refractivity contribution in [3.05, 3.63) is 29.8 Å². The van der Waals surface area contributed by atoms with Crippen molar-refractivity contribution in [3.8, 4) is 0 Å². The number of ether oxygens (including phenoxy) is 1. The quantitative estimate of drug-likeness (QED) is 0.673. The molecule has 0 saturated carbocycles. The van der Waals surface area contributed by atoms with Gasteiger partial charge in [0.05, 0.1) is 18.1 Å². The van der Waals surface area contributed by atoms with Crippen LogP contribution in [-0.2, 0) is 9.53 Å². The SMILES string of the molecule is CCOC(=O)[C@@H]1CCCN(C(=O)c2ccccc2N)C1. The van der Waals surface area contributed by atoms with Crippen molar-refractivity contribution in [1.82, 2.24) is 4.90 Å². The lowest BCUT2D eigenvalue weighted by Crippen LogP contribution is -2.43. The van der Waals surface area contributed by atoms with Gasteiger partial charge in [-0.1, -0.05) is 12.1 Å². The first-order valence-electron chi connectivity index (χ1n) is 6.94. The number of hydrogen-bond acceptors (Lipinski definition) is 4. The van der Waals surface area contributed by atoms with Gasteiger partial charge in [0.15, 0.2) is 0 Å². The fraction of sp³-hybridized carbons (Fsp3) is 0.467. The Labute approximate surface area is 118 Å². The summed E-state index contributed by atoms with van der Waals surface area (Å²) in [4.78, 5) is 25.9. The van der Waals surface area contributed by atoms with E-state index in [-0.39, 0.29) is 17.8 Å². The highest BCUT2D eigenvalue weighted by Gasteiger charge is 2.30. The normalized spacial score (nSPS) is 18.6. The maximum Gasteiger partial charge on any atom is 0.310 e. The van der Waals surface area contributed by atoms with Gasteiger partial charge in [-0.3, -0.25) is 9.59 Å². The average Bonchev–Trinajstić information content (AvgIpc) is 2.47. The number of piperidine rings is 1. The highest BCUT2D eigenvalue weighted by atomic mass is 16.5. The van der Waals surface area contributed by atoms with Crippen LogP contribution in [0.15, 0.2) is 24.3 Å². The zero-order valence-corrected chi connectivity index (χ0v) is 11.7. The highest BCUT2D eigenvalue weighted by molar-refractivity contribution is 5.99. The number of nitrogens with two attached hydrogens (primary N) is 1. The third kappa shape index (κ3) is 3.10. The standard InChI is InChI=1S/C15H20N2O3/c1-2-20-15(19)11-6-5-9-17(10-11)14(18)12-7-3-4-8-13(12)16/h3-4,7-8,11H,2,5-6,9-10,16H2,1H3/t11-/m1/s1. The van der Waals surface area contributed by atoms with Crippen molar-refractivity contribution in [1.29, 1.82) is 0 Å². The predicted molar refractivity (Wildman–Crippen MR) is 76.1 cm³/mol. The number of esters is 1. The third-order valence-corrected chi connectivity index (χ3v) is 3.52. The minimum absolute atomic E-state index is 0.114. The summed E-state index contributed by atoms with van der Waals surface area (Å²) in [6.07, 6.45) is 1.58. The molecule has 0 aliphatic carbocycles. The number of nitrogen functional groups attached to an aromatic ring is 1. The molecule has 0 aromatic heterocycles. The molecule has 1 saturated heterocycles. The summed E-state index contributed by atoms with van der Waals surface area (Å²) in [5.41, 5.74) is 6.80. The first-order chi connectivity index (χ1) is 9.63. The Morgan fingerprint density at radius 3 is 2.85 bits per heavy atom. The second kappa shape index (κ2) is 6.41. The molecule has 5 nitrogen and oxygen atoms in total. The molecule has 2 N–H and O–H groups in total. The minimum atomic E-state index is -0.224. The summed E-state index contributed by atoms with van der Waals surface area (Å²) in [5.74, 6) is -0.555. The zero-order chi connectivity index (χ0) is 14.5. The largest absolute Gasteiger partial charge is 0.466 e. The fourth-order valence-electron chi connectivity index (χ4n) is 2.48. The molecule has 1 fully saturated rings. The molecule has 20 heavy (non-hydrogen) atoms. The summed E-state index contributed by atoms with van der Waals surface area (Å²) in [6, 6.07) is 7.01. The van der Waals surface area contributed by atoms with Crippen LogP contribution in [0.4, 0.5) is 5.69 Å². The summed E-state index contributed by atoms with van der Waals surface area (Å²) < 4.78 is 5.04. The summed E-state index contributed by atoms with van der Waals surface area (Å²) >= 11 is 0. The second-order valence-corrected chi connectivity index (χ2v) is 4.93. The summed E-state index contributed by atoms with van der Waals surface area (Å²) in [5, 5.41) is 0. The lowest BCUT2D eigenvalue weighted by Gasteiger charge is -2.31. The molecule has 1 aliphatic heterocycles. The molecule has 2 rings (SSSR count). The summed E-state index contributed by atoms with van der Waals surface area (Å²) in [7, 11) is 0. The second-order valence-electron chi connectivity index (χ2n) is 4.93. The van der Waals surface area contributed by atoms with Crippen LogP contribution in [0.25, 0.3) is 0 Å². The number of carbonyl (C=O) groups excluding carboxylic acids is 2. The van der Waals surface area contributed by atoms with E-state index in [2.05, 4.69) is 0 Å². The number of nitrogens with zero attached hydrogens (tertiary/aromatic N) is 1. The lowest BCUT2D eigenvalue weighted by molar-refractivity contribution is -0.149. The van der Waals surface area contributed by atoms with E-state index >= 15 is 0 Å². The number of rotatable bonds is 3. The van der Waals surface area contributed by atoms with E-state index in [1.165, 1.54) is 0 Å². The Morgan fingerprint density at radius 2 is 2.15 bits per heavy atom. The molecule has 1 atom stereocenters. The first kappa shape index (κ1) is 14.4. The number of likely N-dealkylation sites (tertiary alicyclic amines) is 1. The molecule has 1 amide bonds. The number of amides is 1. The van der Waals surface area contributed by atoms with Gasteiger partial charge in [-0.15, -0.1) is 0 Å². The molecule has 1 aromatic rings. The van der Waals surface area contributed by atoms with Crippen molar-refractivity contribution < 1.29 is 14.3 Å².